The molecule has 0 saturated carbocycles. The first-order valence-corrected chi connectivity index (χ1v) is 4.15. The van der Waals surface area contributed by atoms with E-state index in [9.17, 15) is 10.1 Å². The summed E-state index contributed by atoms with van der Waals surface area (Å²) >= 11 is 1.09. The molecule has 0 aliphatic carbocycles. The maximum absolute atomic E-state index is 10.3. The lowest BCUT2D eigenvalue weighted by Gasteiger charge is -1.99. The van der Waals surface area contributed by atoms with E-state index in [2.05, 4.69) is 0 Å². The number of aryl methyl sites for hydroxylation is 1. The SMILES string of the molecule is Cc1cc([N+](=O)[O-])ccc1SN. The van der Waals surface area contributed by atoms with E-state index in [1.54, 1.807) is 13.0 Å². The summed E-state index contributed by atoms with van der Waals surface area (Å²) in [6, 6.07) is 4.61. The molecule has 5 heteroatoms. The van der Waals surface area contributed by atoms with Gasteiger partial charge in [0.15, 0.2) is 0 Å². The Hall–Kier alpha value is -1.07. The zero-order chi connectivity index (χ0) is 9.14. The summed E-state index contributed by atoms with van der Waals surface area (Å²) in [7, 11) is 0. The fourth-order valence-electron chi connectivity index (χ4n) is 0.879. The van der Waals surface area contributed by atoms with Crippen LogP contribution in [0, 0.1) is 17.0 Å². The van der Waals surface area contributed by atoms with Crippen LogP contribution in [-0.2, 0) is 0 Å². The second kappa shape index (κ2) is 3.55. The van der Waals surface area contributed by atoms with E-state index in [0.29, 0.717) is 0 Å². The molecular formula is C7H8N2O2S. The molecule has 0 unspecified atom stereocenters. The van der Waals surface area contributed by atoms with Crippen LogP contribution in [-0.4, -0.2) is 4.92 Å². The summed E-state index contributed by atoms with van der Waals surface area (Å²) in [6.07, 6.45) is 0. The van der Waals surface area contributed by atoms with Gasteiger partial charge >= 0.3 is 0 Å². The largest absolute Gasteiger partial charge is 0.274 e. The third-order valence-corrected chi connectivity index (χ3v) is 2.21. The number of hydrogen-bond acceptors (Lipinski definition) is 4. The first-order valence-electron chi connectivity index (χ1n) is 3.27. The quantitative estimate of drug-likeness (QED) is 0.432. The van der Waals surface area contributed by atoms with E-state index >= 15 is 0 Å². The van der Waals surface area contributed by atoms with Gasteiger partial charge < -0.3 is 0 Å². The van der Waals surface area contributed by atoms with Gasteiger partial charge in [0.1, 0.15) is 0 Å². The fourth-order valence-corrected chi connectivity index (χ4v) is 1.27. The molecule has 0 aliphatic rings. The molecular weight excluding hydrogens is 176 g/mol. The Morgan fingerprint density at radius 3 is 2.67 bits per heavy atom. The minimum absolute atomic E-state index is 0.102. The molecule has 64 valence electrons. The molecule has 0 spiro atoms. The normalized spacial score (nSPS) is 9.83. The van der Waals surface area contributed by atoms with E-state index in [0.717, 1.165) is 22.4 Å². The summed E-state index contributed by atoms with van der Waals surface area (Å²) in [5.41, 5.74) is 0.932. The lowest BCUT2D eigenvalue weighted by molar-refractivity contribution is -0.385. The Bertz CT molecular complexity index is 314. The van der Waals surface area contributed by atoms with Crippen LogP contribution in [0.25, 0.3) is 0 Å². The van der Waals surface area contributed by atoms with Crippen molar-refractivity contribution < 1.29 is 4.92 Å². The molecule has 0 bridgehead atoms. The molecule has 1 aromatic carbocycles. The van der Waals surface area contributed by atoms with Gasteiger partial charge in [0.2, 0.25) is 0 Å². The van der Waals surface area contributed by atoms with Crippen LogP contribution in [0.2, 0.25) is 0 Å². The number of hydrogen-bond donors (Lipinski definition) is 1. The molecule has 0 aromatic heterocycles. The molecule has 1 rings (SSSR count). The number of non-ortho nitro benzene ring substituents is 1. The summed E-state index contributed by atoms with van der Waals surface area (Å²) in [5.74, 6) is 0. The third-order valence-electron chi connectivity index (χ3n) is 1.50. The monoisotopic (exact) mass is 184 g/mol. The number of nitrogens with zero attached hydrogens (tertiary/aromatic N) is 1. The Morgan fingerprint density at radius 1 is 1.58 bits per heavy atom. The van der Waals surface area contributed by atoms with Gasteiger partial charge in [0.05, 0.1) is 4.92 Å². The van der Waals surface area contributed by atoms with Gasteiger partial charge in [-0.3, -0.25) is 15.3 Å². The average Bonchev–Trinajstić information content (AvgIpc) is 2.04. The second-order valence-corrected chi connectivity index (χ2v) is 3.00. The number of nitrogens with two attached hydrogens (primary N) is 1. The zero-order valence-electron chi connectivity index (χ0n) is 6.48. The van der Waals surface area contributed by atoms with Crippen molar-refractivity contribution in [3.05, 3.63) is 33.9 Å². The molecule has 0 radical (unpaired) electrons. The van der Waals surface area contributed by atoms with Crippen LogP contribution < -0.4 is 5.14 Å². The van der Waals surface area contributed by atoms with E-state index in [1.165, 1.54) is 12.1 Å². The molecule has 0 atom stereocenters. The summed E-state index contributed by atoms with van der Waals surface area (Å²) in [4.78, 5) is 10.8. The van der Waals surface area contributed by atoms with Crippen molar-refractivity contribution in [2.24, 2.45) is 5.14 Å². The maximum atomic E-state index is 10.3. The molecule has 2 N–H and O–H groups in total. The fraction of sp³-hybridized carbons (Fsp3) is 0.143. The van der Waals surface area contributed by atoms with Crippen molar-refractivity contribution >= 4 is 17.6 Å². The average molecular weight is 184 g/mol. The van der Waals surface area contributed by atoms with Crippen LogP contribution in [0.3, 0.4) is 0 Å². The van der Waals surface area contributed by atoms with E-state index < -0.39 is 4.92 Å². The van der Waals surface area contributed by atoms with Gasteiger partial charge in [-0.05, 0) is 30.5 Å². The molecule has 1 aromatic rings. The second-order valence-electron chi connectivity index (χ2n) is 2.32. The van der Waals surface area contributed by atoms with Crippen molar-refractivity contribution in [2.75, 3.05) is 0 Å². The lowest BCUT2D eigenvalue weighted by Crippen LogP contribution is -1.90. The summed E-state index contributed by atoms with van der Waals surface area (Å²) < 4.78 is 0. The van der Waals surface area contributed by atoms with Crippen molar-refractivity contribution in [1.29, 1.82) is 0 Å². The third kappa shape index (κ3) is 1.75. The molecule has 0 saturated heterocycles. The molecule has 0 fully saturated rings. The van der Waals surface area contributed by atoms with Gasteiger partial charge in [0, 0.05) is 17.0 Å². The minimum atomic E-state index is -0.419. The van der Waals surface area contributed by atoms with Crippen LogP contribution in [0.4, 0.5) is 5.69 Å². The van der Waals surface area contributed by atoms with Gasteiger partial charge in [0.25, 0.3) is 5.69 Å². The van der Waals surface area contributed by atoms with Crippen molar-refractivity contribution in [2.45, 2.75) is 11.8 Å². The number of nitro groups is 1. The standard InChI is InChI=1S/C7H8N2O2S/c1-5-4-6(9(10)11)2-3-7(5)12-8/h2-4H,8H2,1H3. The predicted octanol–water partition coefficient (Wildman–Crippen LogP) is 1.87. The van der Waals surface area contributed by atoms with Crippen LogP contribution in [0.5, 0.6) is 0 Å². The highest BCUT2D eigenvalue weighted by Crippen LogP contribution is 2.22. The molecule has 12 heavy (non-hydrogen) atoms. The zero-order valence-corrected chi connectivity index (χ0v) is 7.30. The highest BCUT2D eigenvalue weighted by Gasteiger charge is 2.06. The minimum Gasteiger partial charge on any atom is -0.274 e. The van der Waals surface area contributed by atoms with Crippen LogP contribution in [0.1, 0.15) is 5.56 Å². The van der Waals surface area contributed by atoms with Gasteiger partial charge in [-0.15, -0.1) is 0 Å². The Balaban J connectivity index is 3.10. The number of benzene rings is 1. The first-order chi connectivity index (χ1) is 5.65. The highest BCUT2D eigenvalue weighted by molar-refractivity contribution is 7.97. The van der Waals surface area contributed by atoms with Crippen molar-refractivity contribution in [1.82, 2.24) is 0 Å². The molecule has 4 nitrogen and oxygen atoms in total. The van der Waals surface area contributed by atoms with E-state index in [4.69, 9.17) is 5.14 Å². The Kier molecular flexibility index (Phi) is 2.67. The van der Waals surface area contributed by atoms with Crippen molar-refractivity contribution in [3.63, 3.8) is 0 Å². The maximum Gasteiger partial charge on any atom is 0.269 e. The smallest absolute Gasteiger partial charge is 0.269 e. The first kappa shape index (κ1) is 9.02. The van der Waals surface area contributed by atoms with Crippen LogP contribution in [0.15, 0.2) is 23.1 Å². The summed E-state index contributed by atoms with van der Waals surface area (Å²) in [6.45, 7) is 1.79. The number of nitro benzene ring substituents is 1. The summed E-state index contributed by atoms with van der Waals surface area (Å²) in [5, 5.41) is 15.6. The lowest BCUT2D eigenvalue weighted by atomic mass is 10.2. The van der Waals surface area contributed by atoms with E-state index in [-0.39, 0.29) is 5.69 Å². The Labute approximate surface area is 74.0 Å². The molecule has 0 amide bonds. The van der Waals surface area contributed by atoms with Crippen molar-refractivity contribution in [3.8, 4) is 0 Å². The van der Waals surface area contributed by atoms with Gasteiger partial charge in [-0.1, -0.05) is 0 Å². The molecule has 0 aliphatic heterocycles. The van der Waals surface area contributed by atoms with Crippen LogP contribution >= 0.6 is 11.9 Å². The van der Waals surface area contributed by atoms with Gasteiger partial charge in [-0.25, -0.2) is 0 Å². The predicted molar refractivity (Wildman–Crippen MR) is 47.9 cm³/mol. The Morgan fingerprint density at radius 2 is 2.25 bits per heavy atom. The number of rotatable bonds is 2. The topological polar surface area (TPSA) is 69.2 Å². The molecule has 0 heterocycles. The van der Waals surface area contributed by atoms with E-state index in [1.807, 2.05) is 0 Å². The highest BCUT2D eigenvalue weighted by atomic mass is 32.2. The van der Waals surface area contributed by atoms with Gasteiger partial charge in [-0.2, -0.15) is 0 Å².